The van der Waals surface area contributed by atoms with E-state index in [1.54, 1.807) is 5.56 Å². The molecule has 0 spiro atoms. The van der Waals surface area contributed by atoms with Crippen LogP contribution in [0.2, 0.25) is 0 Å². The van der Waals surface area contributed by atoms with Gasteiger partial charge in [-0.3, -0.25) is 0 Å². The molecule has 3 heteroatoms. The van der Waals surface area contributed by atoms with Crippen molar-refractivity contribution in [3.63, 3.8) is 0 Å². The Hall–Kier alpha value is -2.10. The molecule has 2 fully saturated rings. The Kier molecular flexibility index (Phi) is 6.49. The minimum absolute atomic E-state index is 0.309. The standard InChI is InChI=1S/C32H35BrO2/c1-32-17-16-25-26(28(32)14-15-31(32)35-21-23-10-6-3-7-11-23)13-12-24-18-30(29(33)19-27(24)25)34-20-22-8-4-2-5-9-22/h2-11,18-19,25-26,28,31H,12-17,20-21H2,1H3/t25-,26+,28-,31-,32-/m0/s1. The van der Waals surface area contributed by atoms with Crippen LogP contribution in [0.3, 0.4) is 0 Å². The summed E-state index contributed by atoms with van der Waals surface area (Å²) in [6, 6.07) is 25.8. The quantitative estimate of drug-likeness (QED) is 0.318. The normalized spacial score (nSPS) is 29.2. The lowest BCUT2D eigenvalue weighted by atomic mass is 9.55. The van der Waals surface area contributed by atoms with Crippen LogP contribution < -0.4 is 4.74 Å². The minimum Gasteiger partial charge on any atom is -0.488 e. The van der Waals surface area contributed by atoms with Crippen LogP contribution >= 0.6 is 15.9 Å². The second kappa shape index (κ2) is 9.75. The van der Waals surface area contributed by atoms with E-state index in [1.165, 1.54) is 48.8 Å². The first kappa shape index (κ1) is 23.3. The van der Waals surface area contributed by atoms with Gasteiger partial charge in [-0.1, -0.05) is 67.6 Å². The summed E-state index contributed by atoms with van der Waals surface area (Å²) in [5.74, 6) is 3.18. The van der Waals surface area contributed by atoms with Crippen LogP contribution in [0.1, 0.15) is 67.2 Å². The molecule has 0 radical (unpaired) electrons. The lowest BCUT2D eigenvalue weighted by Crippen LogP contribution is -2.44. The molecule has 6 rings (SSSR count). The van der Waals surface area contributed by atoms with Crippen LogP contribution in [0, 0.1) is 17.3 Å². The van der Waals surface area contributed by atoms with E-state index in [0.29, 0.717) is 24.0 Å². The first-order valence-corrected chi connectivity index (χ1v) is 14.1. The molecule has 3 aromatic carbocycles. The van der Waals surface area contributed by atoms with Crippen LogP contribution in [0.15, 0.2) is 77.3 Å². The predicted molar refractivity (Wildman–Crippen MR) is 145 cm³/mol. The summed E-state index contributed by atoms with van der Waals surface area (Å²) in [7, 11) is 0. The molecular formula is C32H35BrO2. The summed E-state index contributed by atoms with van der Waals surface area (Å²) in [6.45, 7) is 3.88. The molecule has 5 atom stereocenters. The van der Waals surface area contributed by atoms with Crippen LogP contribution in [-0.2, 0) is 24.4 Å². The summed E-state index contributed by atoms with van der Waals surface area (Å²) in [5, 5.41) is 0. The molecule has 2 saturated carbocycles. The summed E-state index contributed by atoms with van der Waals surface area (Å²) in [6.07, 6.45) is 7.90. The van der Waals surface area contributed by atoms with Crippen molar-refractivity contribution >= 4 is 15.9 Å². The van der Waals surface area contributed by atoms with Gasteiger partial charge in [-0.25, -0.2) is 0 Å². The number of hydrogen-bond donors (Lipinski definition) is 0. The molecule has 35 heavy (non-hydrogen) atoms. The molecular weight excluding hydrogens is 496 g/mol. The molecule has 3 aliphatic rings. The third-order valence-corrected chi connectivity index (χ3v) is 9.84. The minimum atomic E-state index is 0.309. The van der Waals surface area contributed by atoms with E-state index < -0.39 is 0 Å². The molecule has 0 unspecified atom stereocenters. The van der Waals surface area contributed by atoms with Crippen LogP contribution in [-0.4, -0.2) is 6.10 Å². The van der Waals surface area contributed by atoms with Gasteiger partial charge in [0.25, 0.3) is 0 Å². The van der Waals surface area contributed by atoms with E-state index in [-0.39, 0.29) is 0 Å². The summed E-state index contributed by atoms with van der Waals surface area (Å²) in [5.41, 5.74) is 5.86. The maximum Gasteiger partial charge on any atom is 0.134 e. The highest BCUT2D eigenvalue weighted by atomic mass is 79.9. The lowest BCUT2D eigenvalue weighted by molar-refractivity contribution is -0.0707. The smallest absolute Gasteiger partial charge is 0.134 e. The van der Waals surface area contributed by atoms with Gasteiger partial charge in [-0.2, -0.15) is 0 Å². The van der Waals surface area contributed by atoms with E-state index in [0.717, 1.165) is 35.1 Å². The van der Waals surface area contributed by atoms with Crippen molar-refractivity contribution in [2.75, 3.05) is 0 Å². The highest BCUT2D eigenvalue weighted by Crippen LogP contribution is 2.62. The largest absolute Gasteiger partial charge is 0.488 e. The van der Waals surface area contributed by atoms with E-state index in [1.807, 2.05) is 6.07 Å². The number of halogens is 1. The van der Waals surface area contributed by atoms with Gasteiger partial charge in [0.1, 0.15) is 12.4 Å². The fourth-order valence-corrected chi connectivity index (χ4v) is 7.89. The Labute approximate surface area is 218 Å². The number of hydrogen-bond acceptors (Lipinski definition) is 2. The van der Waals surface area contributed by atoms with Gasteiger partial charge in [0, 0.05) is 0 Å². The molecule has 3 aromatic rings. The monoisotopic (exact) mass is 530 g/mol. The zero-order valence-corrected chi connectivity index (χ0v) is 22.2. The van der Waals surface area contributed by atoms with E-state index in [2.05, 4.69) is 89.6 Å². The molecule has 0 N–H and O–H groups in total. The maximum absolute atomic E-state index is 6.58. The number of ether oxygens (including phenoxy) is 2. The average Bonchev–Trinajstić information content (AvgIpc) is 3.23. The molecule has 0 aliphatic heterocycles. The molecule has 182 valence electrons. The van der Waals surface area contributed by atoms with Crippen molar-refractivity contribution in [3.8, 4) is 5.75 Å². The average molecular weight is 532 g/mol. The van der Waals surface area contributed by atoms with E-state index in [4.69, 9.17) is 9.47 Å². The molecule has 0 bridgehead atoms. The maximum atomic E-state index is 6.58. The Morgan fingerprint density at radius 2 is 1.57 bits per heavy atom. The van der Waals surface area contributed by atoms with Crippen molar-refractivity contribution in [2.45, 2.75) is 70.7 Å². The second-order valence-corrected chi connectivity index (χ2v) is 11.9. The summed E-state index contributed by atoms with van der Waals surface area (Å²) >= 11 is 3.84. The Morgan fingerprint density at radius 3 is 2.31 bits per heavy atom. The van der Waals surface area contributed by atoms with Crippen molar-refractivity contribution in [1.82, 2.24) is 0 Å². The Morgan fingerprint density at radius 1 is 0.857 bits per heavy atom. The first-order valence-electron chi connectivity index (χ1n) is 13.3. The topological polar surface area (TPSA) is 18.5 Å². The van der Waals surface area contributed by atoms with Gasteiger partial charge in [0.05, 0.1) is 17.2 Å². The third kappa shape index (κ3) is 4.47. The van der Waals surface area contributed by atoms with Crippen LogP contribution in [0.4, 0.5) is 0 Å². The number of aryl methyl sites for hydroxylation is 1. The van der Waals surface area contributed by atoms with Crippen molar-refractivity contribution in [2.24, 2.45) is 17.3 Å². The Bertz CT molecular complexity index is 1160. The van der Waals surface area contributed by atoms with Gasteiger partial charge in [0.2, 0.25) is 0 Å². The second-order valence-electron chi connectivity index (χ2n) is 11.1. The van der Waals surface area contributed by atoms with Gasteiger partial charge in [-0.05, 0) is 112 Å². The fourth-order valence-electron chi connectivity index (χ4n) is 7.41. The van der Waals surface area contributed by atoms with Gasteiger partial charge < -0.3 is 9.47 Å². The Balaban J connectivity index is 1.17. The molecule has 0 saturated heterocycles. The predicted octanol–water partition coefficient (Wildman–Crippen LogP) is 8.47. The lowest BCUT2D eigenvalue weighted by Gasteiger charge is -2.50. The summed E-state index contributed by atoms with van der Waals surface area (Å²) in [4.78, 5) is 0. The highest BCUT2D eigenvalue weighted by molar-refractivity contribution is 9.10. The zero-order valence-electron chi connectivity index (χ0n) is 20.6. The first-order chi connectivity index (χ1) is 17.1. The van der Waals surface area contributed by atoms with Gasteiger partial charge >= 0.3 is 0 Å². The number of rotatable bonds is 6. The van der Waals surface area contributed by atoms with Crippen LogP contribution in [0.25, 0.3) is 0 Å². The van der Waals surface area contributed by atoms with Crippen molar-refractivity contribution < 1.29 is 9.47 Å². The van der Waals surface area contributed by atoms with Gasteiger partial charge in [-0.15, -0.1) is 0 Å². The number of fused-ring (bicyclic) bond motifs is 5. The summed E-state index contributed by atoms with van der Waals surface area (Å²) < 4.78 is 13.9. The van der Waals surface area contributed by atoms with Gasteiger partial charge in [0.15, 0.2) is 0 Å². The van der Waals surface area contributed by atoms with E-state index in [9.17, 15) is 0 Å². The van der Waals surface area contributed by atoms with Crippen LogP contribution in [0.5, 0.6) is 5.75 Å². The zero-order chi connectivity index (χ0) is 23.8. The fraction of sp³-hybridized carbons (Fsp3) is 0.438. The van der Waals surface area contributed by atoms with Crippen molar-refractivity contribution in [3.05, 3.63) is 99.5 Å². The van der Waals surface area contributed by atoms with Crippen molar-refractivity contribution in [1.29, 1.82) is 0 Å². The molecule has 0 heterocycles. The SMILES string of the molecule is C[C@]12CC[C@@H]3c4cc(Br)c(OCc5ccccc5)cc4CC[C@H]3[C@@H]1CC[C@@H]2OCc1ccccc1. The van der Waals surface area contributed by atoms with E-state index >= 15 is 0 Å². The molecule has 0 aromatic heterocycles. The molecule has 3 aliphatic carbocycles. The molecule has 2 nitrogen and oxygen atoms in total. The molecule has 0 amide bonds. The number of benzene rings is 3. The third-order valence-electron chi connectivity index (χ3n) is 9.22. The highest BCUT2D eigenvalue weighted by Gasteiger charge is 2.55.